The van der Waals surface area contributed by atoms with Gasteiger partial charge in [0.1, 0.15) is 0 Å². The molecule has 0 aliphatic carbocycles. The van der Waals surface area contributed by atoms with Crippen molar-refractivity contribution < 1.29 is 0 Å². The molecule has 0 aliphatic heterocycles. The van der Waals surface area contributed by atoms with Crippen LogP contribution in [0.5, 0.6) is 0 Å². The van der Waals surface area contributed by atoms with Gasteiger partial charge >= 0.3 is 0 Å². The molecular weight excluding hydrogens is 418 g/mol. The van der Waals surface area contributed by atoms with Gasteiger partial charge in [-0.2, -0.15) is 4.98 Å². The highest BCUT2D eigenvalue weighted by Crippen LogP contribution is 2.19. The molecule has 2 aromatic heterocycles. The van der Waals surface area contributed by atoms with Gasteiger partial charge in [0.25, 0.3) is 11.1 Å². The summed E-state index contributed by atoms with van der Waals surface area (Å²) in [4.78, 5) is 32.3. The van der Waals surface area contributed by atoms with E-state index in [1.165, 1.54) is 15.7 Å². The molecule has 0 fully saturated rings. The molecule has 0 bridgehead atoms. The summed E-state index contributed by atoms with van der Waals surface area (Å²) in [6.45, 7) is 1.78. The zero-order chi connectivity index (χ0) is 21.4. The number of nitrogens with zero attached hydrogens (tertiary/aromatic N) is 3. The molecule has 0 saturated heterocycles. The second-order valence-corrected chi connectivity index (χ2v) is 8.69. The van der Waals surface area contributed by atoms with Crippen molar-refractivity contribution in [3.05, 3.63) is 101 Å². The molecule has 5 nitrogen and oxygen atoms in total. The Morgan fingerprint density at radius 2 is 1.80 bits per heavy atom. The Hall–Kier alpha value is -2.96. The summed E-state index contributed by atoms with van der Waals surface area (Å²) in [5.41, 5.74) is 3.43. The average molecular weight is 438 g/mol. The molecule has 4 aromatic rings. The first-order chi connectivity index (χ1) is 14.3. The molecule has 2 aromatic carbocycles. The van der Waals surface area contributed by atoms with Gasteiger partial charge < -0.3 is 4.90 Å². The van der Waals surface area contributed by atoms with Gasteiger partial charge in [-0.3, -0.25) is 14.0 Å². The van der Waals surface area contributed by atoms with E-state index in [0.29, 0.717) is 32.2 Å². The van der Waals surface area contributed by atoms with E-state index in [9.17, 15) is 9.59 Å². The van der Waals surface area contributed by atoms with Gasteiger partial charge in [0.2, 0.25) is 4.96 Å². The summed E-state index contributed by atoms with van der Waals surface area (Å²) >= 11 is 7.48. The first-order valence-electron chi connectivity index (χ1n) is 9.42. The number of benzene rings is 2. The molecule has 0 aliphatic rings. The normalized spacial score (nSPS) is 11.9. The quantitative estimate of drug-likeness (QED) is 0.491. The van der Waals surface area contributed by atoms with Crippen molar-refractivity contribution in [1.82, 2.24) is 9.38 Å². The van der Waals surface area contributed by atoms with E-state index in [2.05, 4.69) is 4.98 Å². The van der Waals surface area contributed by atoms with E-state index in [-0.39, 0.29) is 11.1 Å². The number of hydrogen-bond acceptors (Lipinski definition) is 5. The van der Waals surface area contributed by atoms with E-state index < -0.39 is 0 Å². The van der Waals surface area contributed by atoms with Gasteiger partial charge in [-0.1, -0.05) is 53.3 Å². The van der Waals surface area contributed by atoms with Crippen LogP contribution in [0.1, 0.15) is 22.4 Å². The number of fused-ring (bicyclic) bond motifs is 1. The summed E-state index contributed by atoms with van der Waals surface area (Å²) in [5.74, 6) is 0. The fourth-order valence-corrected chi connectivity index (χ4v) is 4.56. The van der Waals surface area contributed by atoms with Crippen molar-refractivity contribution in [3.8, 4) is 0 Å². The van der Waals surface area contributed by atoms with E-state index in [1.807, 2.05) is 67.5 Å². The topological polar surface area (TPSA) is 54.7 Å². The Kier molecular flexibility index (Phi) is 5.45. The highest BCUT2D eigenvalue weighted by molar-refractivity contribution is 7.15. The first kappa shape index (κ1) is 20.3. The minimum Gasteiger partial charge on any atom is -0.378 e. The van der Waals surface area contributed by atoms with Crippen LogP contribution >= 0.6 is 22.9 Å². The molecule has 0 saturated carbocycles. The second-order valence-electron chi connectivity index (χ2n) is 7.27. The average Bonchev–Trinajstić information content (AvgIpc) is 3.02. The fraction of sp³-hybridized carbons (Fsp3) is 0.174. The molecule has 0 N–H and O–H groups in total. The Morgan fingerprint density at radius 1 is 1.10 bits per heavy atom. The zero-order valence-electron chi connectivity index (χ0n) is 16.8. The lowest BCUT2D eigenvalue weighted by atomic mass is 10.1. The molecule has 4 rings (SSSR count). The standard InChI is InChI=1S/C23H20ClN3O2S/c1-14-18(13-16-6-4-5-7-19(16)24)21(28)25-23-27(14)22(29)20(30-23)12-15-8-10-17(11-9-15)26(2)3/h4-12H,13H2,1-3H3. The Balaban J connectivity index is 1.83. The molecule has 0 atom stereocenters. The van der Waals surface area contributed by atoms with Crippen molar-refractivity contribution in [1.29, 1.82) is 0 Å². The summed E-state index contributed by atoms with van der Waals surface area (Å²) in [6.07, 6.45) is 2.17. The molecule has 2 heterocycles. The molecule has 0 spiro atoms. The number of thiazole rings is 1. The van der Waals surface area contributed by atoms with Crippen LogP contribution in [0.15, 0.2) is 58.1 Å². The van der Waals surface area contributed by atoms with Crippen LogP contribution in [0, 0.1) is 6.92 Å². The van der Waals surface area contributed by atoms with Crippen LogP contribution in [0.4, 0.5) is 5.69 Å². The lowest BCUT2D eigenvalue weighted by Gasteiger charge is -2.11. The van der Waals surface area contributed by atoms with Gasteiger partial charge in [-0.05, 0) is 42.3 Å². The van der Waals surface area contributed by atoms with Crippen LogP contribution in [0.25, 0.3) is 11.0 Å². The van der Waals surface area contributed by atoms with Gasteiger partial charge in [-0.15, -0.1) is 0 Å². The number of rotatable bonds is 4. The van der Waals surface area contributed by atoms with Gasteiger partial charge in [0.05, 0.1) is 4.53 Å². The van der Waals surface area contributed by atoms with Gasteiger partial charge in [-0.25, -0.2) is 0 Å². The van der Waals surface area contributed by atoms with Crippen molar-refractivity contribution in [3.63, 3.8) is 0 Å². The third-order valence-corrected chi connectivity index (χ3v) is 6.40. The second kappa shape index (κ2) is 8.05. The Bertz CT molecular complexity index is 1410. The molecule has 0 radical (unpaired) electrons. The zero-order valence-corrected chi connectivity index (χ0v) is 18.4. The van der Waals surface area contributed by atoms with Crippen molar-refractivity contribution >= 4 is 39.7 Å². The van der Waals surface area contributed by atoms with E-state index in [1.54, 1.807) is 13.0 Å². The van der Waals surface area contributed by atoms with Gasteiger partial charge in [0.15, 0.2) is 0 Å². The first-order valence-corrected chi connectivity index (χ1v) is 10.6. The Morgan fingerprint density at radius 3 is 2.47 bits per heavy atom. The third kappa shape index (κ3) is 3.76. The minimum atomic E-state index is -0.324. The lowest BCUT2D eigenvalue weighted by Crippen LogP contribution is -2.27. The molecule has 30 heavy (non-hydrogen) atoms. The summed E-state index contributed by atoms with van der Waals surface area (Å²) in [6, 6.07) is 15.3. The van der Waals surface area contributed by atoms with Crippen molar-refractivity contribution in [2.45, 2.75) is 13.3 Å². The van der Waals surface area contributed by atoms with Crippen LogP contribution in [0.3, 0.4) is 0 Å². The van der Waals surface area contributed by atoms with Crippen LogP contribution < -0.4 is 20.6 Å². The molecule has 152 valence electrons. The Labute approximate surface area is 182 Å². The van der Waals surface area contributed by atoms with Crippen LogP contribution in [-0.4, -0.2) is 23.5 Å². The fourth-order valence-electron chi connectivity index (χ4n) is 3.34. The lowest BCUT2D eigenvalue weighted by molar-refractivity contribution is 0.940. The molecule has 7 heteroatoms. The van der Waals surface area contributed by atoms with Crippen molar-refractivity contribution in [2.75, 3.05) is 19.0 Å². The smallest absolute Gasteiger partial charge is 0.277 e. The van der Waals surface area contributed by atoms with Gasteiger partial charge in [0, 0.05) is 42.5 Å². The van der Waals surface area contributed by atoms with Crippen LogP contribution in [0.2, 0.25) is 5.02 Å². The predicted molar refractivity (Wildman–Crippen MR) is 124 cm³/mol. The number of aryl methyl sites for hydroxylation is 1. The summed E-state index contributed by atoms with van der Waals surface area (Å²) in [5, 5.41) is 0.587. The number of halogens is 1. The summed E-state index contributed by atoms with van der Waals surface area (Å²) < 4.78 is 2.07. The maximum absolute atomic E-state index is 13.1. The number of aromatic nitrogens is 2. The summed E-state index contributed by atoms with van der Waals surface area (Å²) in [7, 11) is 3.96. The van der Waals surface area contributed by atoms with E-state index in [0.717, 1.165) is 16.8 Å². The number of anilines is 1. The minimum absolute atomic E-state index is 0.169. The van der Waals surface area contributed by atoms with Crippen molar-refractivity contribution in [2.24, 2.45) is 0 Å². The molecular formula is C23H20ClN3O2S. The maximum atomic E-state index is 13.1. The maximum Gasteiger partial charge on any atom is 0.277 e. The third-order valence-electron chi connectivity index (χ3n) is 5.07. The molecule has 0 amide bonds. The predicted octanol–water partition coefficient (Wildman–Crippen LogP) is 3.28. The van der Waals surface area contributed by atoms with Crippen LogP contribution in [-0.2, 0) is 6.42 Å². The highest BCUT2D eigenvalue weighted by Gasteiger charge is 2.15. The highest BCUT2D eigenvalue weighted by atomic mass is 35.5. The van der Waals surface area contributed by atoms with E-state index >= 15 is 0 Å². The van der Waals surface area contributed by atoms with E-state index in [4.69, 9.17) is 11.6 Å². The molecule has 0 unspecified atom stereocenters. The number of hydrogen-bond donors (Lipinski definition) is 0. The monoisotopic (exact) mass is 437 g/mol. The SMILES string of the molecule is Cc1c(Cc2ccccc2Cl)c(=O)nc2sc(=Cc3ccc(N(C)C)cc3)c(=O)n12. The largest absolute Gasteiger partial charge is 0.378 e.